The van der Waals surface area contributed by atoms with Gasteiger partial charge in [0.25, 0.3) is 5.91 Å². The molecule has 3 amide bonds. The number of nitrogens with one attached hydrogen (secondary N) is 3. The second-order valence-corrected chi connectivity index (χ2v) is 11.2. The first kappa shape index (κ1) is 29.6. The maximum atomic E-state index is 13.1. The highest BCUT2D eigenvalue weighted by atomic mass is 35.5. The van der Waals surface area contributed by atoms with E-state index < -0.39 is 11.9 Å². The Hall–Kier alpha value is -4.87. The second kappa shape index (κ2) is 11.8. The quantitative estimate of drug-likeness (QED) is 0.141. The zero-order valence-electron chi connectivity index (χ0n) is 23.6. The number of carbonyl (C=O) groups excluding carboxylic acids is 2. The predicted molar refractivity (Wildman–Crippen MR) is 167 cm³/mol. The number of nitrogens with two attached hydrogens (primary N) is 1. The Morgan fingerprint density at radius 3 is 2.44 bits per heavy atom. The van der Waals surface area contributed by atoms with E-state index in [4.69, 9.17) is 38.4 Å². The zero-order chi connectivity index (χ0) is 30.9. The third-order valence-corrected chi connectivity index (χ3v) is 6.99. The molecular formula is C30H27Cl2N7O4. The van der Waals surface area contributed by atoms with E-state index in [1.807, 2.05) is 20.8 Å². The maximum absolute atomic E-state index is 13.1. The van der Waals surface area contributed by atoms with Crippen LogP contribution < -0.4 is 25.8 Å². The summed E-state index contributed by atoms with van der Waals surface area (Å²) in [7, 11) is 1.44. The average Bonchev–Trinajstić information content (AvgIpc) is 3.38. The first-order valence-corrected chi connectivity index (χ1v) is 13.7. The molecule has 3 aromatic heterocycles. The van der Waals surface area contributed by atoms with Crippen molar-refractivity contribution >= 4 is 57.5 Å². The van der Waals surface area contributed by atoms with Crippen molar-refractivity contribution in [2.24, 2.45) is 5.73 Å². The molecule has 0 aliphatic rings. The van der Waals surface area contributed by atoms with Crippen LogP contribution in [-0.4, -0.2) is 39.0 Å². The minimum absolute atomic E-state index is 0.192. The van der Waals surface area contributed by atoms with Crippen LogP contribution in [0.1, 0.15) is 37.0 Å². The van der Waals surface area contributed by atoms with Gasteiger partial charge in [-0.15, -0.1) is 0 Å². The number of ether oxygens (including phenoxy) is 2. The van der Waals surface area contributed by atoms with Crippen LogP contribution in [0.4, 0.5) is 16.3 Å². The molecule has 0 radical (unpaired) electrons. The van der Waals surface area contributed by atoms with E-state index in [1.54, 1.807) is 60.9 Å². The van der Waals surface area contributed by atoms with Crippen LogP contribution in [0.25, 0.3) is 22.2 Å². The molecule has 13 heteroatoms. The third-order valence-electron chi connectivity index (χ3n) is 6.37. The number of nitrogens with zero attached hydrogens (tertiary/aromatic N) is 3. The number of amides is 3. The first-order chi connectivity index (χ1) is 20.4. The molecule has 0 aliphatic carbocycles. The summed E-state index contributed by atoms with van der Waals surface area (Å²) in [6.45, 7) is 5.99. The molecule has 5 N–H and O–H groups in total. The Kier molecular flexibility index (Phi) is 8.12. The number of urea groups is 1. The van der Waals surface area contributed by atoms with Gasteiger partial charge < -0.3 is 25.5 Å². The molecule has 0 saturated carbocycles. The van der Waals surface area contributed by atoms with E-state index in [2.05, 4.69) is 30.6 Å². The number of hydrogen-bond donors (Lipinski definition) is 4. The highest BCUT2D eigenvalue weighted by Crippen LogP contribution is 2.36. The molecule has 5 aromatic rings. The van der Waals surface area contributed by atoms with E-state index >= 15 is 0 Å². The van der Waals surface area contributed by atoms with E-state index in [9.17, 15) is 9.59 Å². The molecule has 0 aliphatic heterocycles. The van der Waals surface area contributed by atoms with E-state index in [0.717, 1.165) is 0 Å². The van der Waals surface area contributed by atoms with Gasteiger partial charge in [0.1, 0.15) is 39.7 Å². The Morgan fingerprint density at radius 2 is 1.77 bits per heavy atom. The minimum atomic E-state index is -0.647. The number of aromatic nitrogens is 4. The Labute approximate surface area is 256 Å². The van der Waals surface area contributed by atoms with Crippen molar-refractivity contribution in [2.75, 3.05) is 17.7 Å². The second-order valence-electron chi connectivity index (χ2n) is 10.5. The molecular weight excluding hydrogens is 593 g/mol. The zero-order valence-corrected chi connectivity index (χ0v) is 25.1. The number of imidazole rings is 1. The van der Waals surface area contributed by atoms with Crippen LogP contribution in [-0.2, 0) is 5.41 Å². The van der Waals surface area contributed by atoms with Crippen LogP contribution in [0.2, 0.25) is 10.2 Å². The molecule has 0 atom stereocenters. The molecule has 5 rings (SSSR count). The van der Waals surface area contributed by atoms with Crippen LogP contribution in [0, 0.1) is 0 Å². The fraction of sp³-hybridized carbons (Fsp3) is 0.167. The topological polar surface area (TPSA) is 157 Å². The predicted octanol–water partition coefficient (Wildman–Crippen LogP) is 7.17. The van der Waals surface area contributed by atoms with Crippen LogP contribution in [0.5, 0.6) is 17.2 Å². The molecule has 11 nitrogen and oxygen atoms in total. The van der Waals surface area contributed by atoms with E-state index in [-0.39, 0.29) is 21.2 Å². The van der Waals surface area contributed by atoms with Gasteiger partial charge in [0, 0.05) is 40.9 Å². The standard InChI is InChI=1S/C30H27Cl2N7O4/c1-30(2,3)28-37-24(16-6-5-10-35-25(16)32)27(38-28)39-29(41)36-20-8-7-15(12-19(20)31)43-22-9-11-34-21-14-23(42-4)18(26(33)40)13-17(21)22/h5-14H,1-4H3,(H2,33,40)(H,37,38)(H2,36,39,41). The smallest absolute Gasteiger partial charge is 0.324 e. The highest BCUT2D eigenvalue weighted by molar-refractivity contribution is 6.34. The lowest BCUT2D eigenvalue weighted by molar-refractivity contribution is 0.0997. The lowest BCUT2D eigenvalue weighted by Crippen LogP contribution is -2.20. The van der Waals surface area contributed by atoms with Gasteiger partial charge in [-0.25, -0.2) is 14.8 Å². The lowest BCUT2D eigenvalue weighted by Gasteiger charge is -2.14. The molecule has 220 valence electrons. The number of anilines is 2. The molecule has 3 heterocycles. The van der Waals surface area contributed by atoms with Crippen molar-refractivity contribution in [1.82, 2.24) is 19.9 Å². The summed E-state index contributed by atoms with van der Waals surface area (Å²) < 4.78 is 11.3. The summed E-state index contributed by atoms with van der Waals surface area (Å²) in [4.78, 5) is 41.3. The summed E-state index contributed by atoms with van der Waals surface area (Å²) in [5.41, 5.74) is 7.28. The fourth-order valence-electron chi connectivity index (χ4n) is 4.23. The molecule has 0 spiro atoms. The van der Waals surface area contributed by atoms with Crippen molar-refractivity contribution in [3.63, 3.8) is 0 Å². The molecule has 43 heavy (non-hydrogen) atoms. The summed E-state index contributed by atoms with van der Waals surface area (Å²) in [6.07, 6.45) is 3.14. The monoisotopic (exact) mass is 619 g/mol. The summed E-state index contributed by atoms with van der Waals surface area (Å²) in [5.74, 6) is 1.47. The Bertz CT molecular complexity index is 1870. The number of benzene rings is 2. The van der Waals surface area contributed by atoms with Crippen molar-refractivity contribution < 1.29 is 19.1 Å². The van der Waals surface area contributed by atoms with Crippen molar-refractivity contribution in [3.8, 4) is 28.5 Å². The highest BCUT2D eigenvalue weighted by Gasteiger charge is 2.24. The van der Waals surface area contributed by atoms with Gasteiger partial charge in [-0.2, -0.15) is 0 Å². The van der Waals surface area contributed by atoms with Crippen molar-refractivity contribution in [3.05, 3.63) is 82.5 Å². The lowest BCUT2D eigenvalue weighted by atomic mass is 9.96. The molecule has 2 aromatic carbocycles. The fourth-order valence-corrected chi connectivity index (χ4v) is 4.66. The number of hydrogen-bond acceptors (Lipinski definition) is 7. The molecule has 0 saturated heterocycles. The van der Waals surface area contributed by atoms with Crippen LogP contribution in [0.15, 0.2) is 60.9 Å². The van der Waals surface area contributed by atoms with Gasteiger partial charge in [0.15, 0.2) is 0 Å². The third kappa shape index (κ3) is 6.32. The van der Waals surface area contributed by atoms with Gasteiger partial charge in [0.2, 0.25) is 0 Å². The SMILES string of the molecule is COc1cc2nccc(Oc3ccc(NC(=O)Nc4[nH]c(C(C)(C)C)nc4-c4cccnc4Cl)c(Cl)c3)c2cc1C(N)=O. The number of halogens is 2. The minimum Gasteiger partial charge on any atom is -0.496 e. The normalized spacial score (nSPS) is 11.3. The molecule has 0 fully saturated rings. The van der Waals surface area contributed by atoms with Gasteiger partial charge in [0.05, 0.1) is 28.9 Å². The number of aromatic amines is 1. The van der Waals surface area contributed by atoms with Crippen LogP contribution >= 0.6 is 23.2 Å². The number of methoxy groups -OCH3 is 1. The van der Waals surface area contributed by atoms with Crippen LogP contribution in [0.3, 0.4) is 0 Å². The van der Waals surface area contributed by atoms with E-state index in [1.165, 1.54) is 7.11 Å². The van der Waals surface area contributed by atoms with Gasteiger partial charge >= 0.3 is 6.03 Å². The Balaban J connectivity index is 1.37. The maximum Gasteiger partial charge on any atom is 0.324 e. The molecule has 0 bridgehead atoms. The number of primary amides is 1. The summed E-state index contributed by atoms with van der Waals surface area (Å²) in [6, 6.07) is 12.6. The van der Waals surface area contributed by atoms with Gasteiger partial charge in [-0.1, -0.05) is 44.0 Å². The number of pyridine rings is 2. The van der Waals surface area contributed by atoms with Gasteiger partial charge in [-0.05, 0) is 36.4 Å². The number of carbonyl (C=O) groups is 2. The summed E-state index contributed by atoms with van der Waals surface area (Å²) >= 11 is 12.8. The first-order valence-electron chi connectivity index (χ1n) is 13.0. The number of fused-ring (bicyclic) bond motifs is 1. The van der Waals surface area contributed by atoms with Gasteiger partial charge in [-0.3, -0.25) is 15.1 Å². The Morgan fingerprint density at radius 1 is 0.977 bits per heavy atom. The number of rotatable bonds is 7. The summed E-state index contributed by atoms with van der Waals surface area (Å²) in [5, 5.41) is 6.57. The van der Waals surface area contributed by atoms with Crippen molar-refractivity contribution in [1.29, 1.82) is 0 Å². The largest absolute Gasteiger partial charge is 0.496 e. The average molecular weight is 620 g/mol. The van der Waals surface area contributed by atoms with Crippen molar-refractivity contribution in [2.45, 2.75) is 26.2 Å². The number of H-pyrrole nitrogens is 1. The molecule has 0 unspecified atom stereocenters. The van der Waals surface area contributed by atoms with E-state index in [0.29, 0.717) is 56.7 Å².